The number of thiocarbonyl (C=S) groups is 1. The Balaban J connectivity index is 2.86. The monoisotopic (exact) mass is 100.0 g/mol. The smallest absolute Gasteiger partial charge is 0.231 e. The molecule has 0 radical (unpaired) electrons. The van der Waals surface area contributed by atoms with Crippen molar-refractivity contribution in [2.45, 2.75) is 0 Å². The van der Waals surface area contributed by atoms with Gasteiger partial charge in [-0.3, -0.25) is 0 Å². The molecule has 3 nitrogen and oxygen atoms in total. The quantitative estimate of drug-likeness (QED) is 0.383. The minimum absolute atomic E-state index is 0.440. The van der Waals surface area contributed by atoms with Gasteiger partial charge in [0.05, 0.1) is 10.2 Å². The number of nitrogens with zero attached hydrogens (tertiary/aromatic N) is 2. The molecule has 0 aromatic carbocycles. The standard InChI is InChI=1S/C2HN3S/c6-2-3-1-4-5-2/h1H/p+1. The van der Waals surface area contributed by atoms with E-state index in [0.717, 1.165) is 0 Å². The van der Waals surface area contributed by atoms with Gasteiger partial charge in [0.25, 0.3) is 6.34 Å². The summed E-state index contributed by atoms with van der Waals surface area (Å²) in [6.45, 7) is 0. The van der Waals surface area contributed by atoms with Crippen molar-refractivity contribution in [3.8, 4) is 0 Å². The Morgan fingerprint density at radius 3 is 2.83 bits per heavy atom. The Morgan fingerprint density at radius 1 is 1.83 bits per heavy atom. The van der Waals surface area contributed by atoms with Crippen LogP contribution < -0.4 is 4.99 Å². The Labute approximate surface area is 39.8 Å². The lowest BCUT2D eigenvalue weighted by molar-refractivity contribution is -0.302. The molecule has 1 rings (SSSR count). The summed E-state index contributed by atoms with van der Waals surface area (Å²) >= 11 is 4.52. The molecule has 0 aromatic rings. The van der Waals surface area contributed by atoms with E-state index < -0.39 is 0 Å². The van der Waals surface area contributed by atoms with Crippen molar-refractivity contribution < 1.29 is 4.99 Å². The topological polar surface area (TPSA) is 38.7 Å². The van der Waals surface area contributed by atoms with Crippen molar-refractivity contribution in [1.29, 1.82) is 0 Å². The molecule has 0 amide bonds. The van der Waals surface area contributed by atoms with Crippen LogP contribution >= 0.6 is 12.2 Å². The van der Waals surface area contributed by atoms with Crippen molar-refractivity contribution in [3.05, 3.63) is 0 Å². The molecule has 1 aliphatic rings. The van der Waals surface area contributed by atoms with E-state index in [1.165, 1.54) is 6.34 Å². The summed E-state index contributed by atoms with van der Waals surface area (Å²) in [5.74, 6) is 0. The highest BCUT2D eigenvalue weighted by Crippen LogP contribution is 1.69. The van der Waals surface area contributed by atoms with Crippen molar-refractivity contribution in [3.63, 3.8) is 0 Å². The maximum Gasteiger partial charge on any atom is 0.370 e. The largest absolute Gasteiger partial charge is 0.370 e. The van der Waals surface area contributed by atoms with Gasteiger partial charge >= 0.3 is 5.11 Å². The minimum atomic E-state index is 0.440. The van der Waals surface area contributed by atoms with E-state index in [1.54, 1.807) is 0 Å². The average Bonchev–Trinajstić information content (AvgIpc) is 1.86. The van der Waals surface area contributed by atoms with Crippen LogP contribution in [0.4, 0.5) is 0 Å². The Morgan fingerprint density at radius 2 is 2.67 bits per heavy atom. The van der Waals surface area contributed by atoms with Crippen LogP contribution in [0.5, 0.6) is 0 Å². The van der Waals surface area contributed by atoms with Crippen LogP contribution in [0.2, 0.25) is 0 Å². The van der Waals surface area contributed by atoms with E-state index >= 15 is 0 Å². The van der Waals surface area contributed by atoms with Crippen LogP contribution in [0, 0.1) is 0 Å². The zero-order chi connectivity index (χ0) is 4.41. The molecule has 0 saturated heterocycles. The fourth-order valence-electron chi connectivity index (χ4n) is 0.194. The van der Waals surface area contributed by atoms with E-state index in [0.29, 0.717) is 5.11 Å². The first-order chi connectivity index (χ1) is 2.89. The Kier molecular flexibility index (Phi) is 0.719. The van der Waals surface area contributed by atoms with Gasteiger partial charge in [-0.05, 0) is 0 Å². The third-order valence-electron chi connectivity index (χ3n) is 0.394. The molecule has 0 unspecified atom stereocenters. The minimum Gasteiger partial charge on any atom is -0.231 e. The van der Waals surface area contributed by atoms with Gasteiger partial charge in [-0.15, -0.1) is 0 Å². The first-order valence-electron chi connectivity index (χ1n) is 1.42. The maximum atomic E-state index is 4.52. The molecular formula is C2H2N3S+. The molecule has 6 heavy (non-hydrogen) atoms. The average molecular weight is 100 g/mol. The lowest BCUT2D eigenvalue weighted by Gasteiger charge is -1.54. The molecule has 1 heterocycles. The molecule has 4 heteroatoms. The second-order valence-electron chi connectivity index (χ2n) is 0.794. The van der Waals surface area contributed by atoms with Crippen LogP contribution in [-0.4, -0.2) is 11.5 Å². The molecule has 0 bridgehead atoms. The third-order valence-corrected chi connectivity index (χ3v) is 0.594. The van der Waals surface area contributed by atoms with E-state index in [-0.39, 0.29) is 0 Å². The lowest BCUT2D eigenvalue weighted by atomic mass is 11.2. The molecule has 0 atom stereocenters. The summed E-state index contributed by atoms with van der Waals surface area (Å²) in [5.41, 5.74) is 0. The highest BCUT2D eigenvalue weighted by atomic mass is 32.1. The molecule has 0 saturated carbocycles. The zero-order valence-corrected chi connectivity index (χ0v) is 3.70. The van der Waals surface area contributed by atoms with E-state index in [2.05, 4.69) is 27.4 Å². The maximum absolute atomic E-state index is 4.52. The highest BCUT2D eigenvalue weighted by molar-refractivity contribution is 7.79. The van der Waals surface area contributed by atoms with Crippen molar-refractivity contribution in [2.24, 2.45) is 10.2 Å². The summed E-state index contributed by atoms with van der Waals surface area (Å²) in [6, 6.07) is 0. The molecule has 0 spiro atoms. The van der Waals surface area contributed by atoms with E-state index in [9.17, 15) is 0 Å². The summed E-state index contributed by atoms with van der Waals surface area (Å²) in [6.07, 6.45) is 1.45. The van der Waals surface area contributed by atoms with Crippen LogP contribution in [0.3, 0.4) is 0 Å². The van der Waals surface area contributed by atoms with Crippen LogP contribution in [0.1, 0.15) is 0 Å². The van der Waals surface area contributed by atoms with Gasteiger partial charge in [0.1, 0.15) is 0 Å². The van der Waals surface area contributed by atoms with Crippen molar-refractivity contribution in [2.75, 3.05) is 0 Å². The predicted octanol–water partition coefficient (Wildman–Crippen LogP) is -1.15. The number of rotatable bonds is 0. The zero-order valence-electron chi connectivity index (χ0n) is 2.88. The number of nitrogens with one attached hydrogen (secondary N) is 1. The van der Waals surface area contributed by atoms with Gasteiger partial charge in [0.15, 0.2) is 0 Å². The van der Waals surface area contributed by atoms with Crippen molar-refractivity contribution >= 4 is 23.7 Å². The lowest BCUT2D eigenvalue weighted by Crippen LogP contribution is -2.69. The molecule has 0 aromatic heterocycles. The Hall–Kier alpha value is -0.640. The molecule has 30 valence electrons. The van der Waals surface area contributed by atoms with Gasteiger partial charge in [0.2, 0.25) is 0 Å². The normalized spacial score (nSPS) is 17.0. The van der Waals surface area contributed by atoms with E-state index in [4.69, 9.17) is 0 Å². The number of azo groups is 1. The molecule has 1 N–H and O–H groups in total. The molecule has 0 fully saturated rings. The van der Waals surface area contributed by atoms with Crippen LogP contribution in [0.25, 0.3) is 0 Å². The van der Waals surface area contributed by atoms with Crippen LogP contribution in [0.15, 0.2) is 10.2 Å². The van der Waals surface area contributed by atoms with Gasteiger partial charge in [-0.2, -0.15) is 0 Å². The Bertz CT molecular complexity index is 111. The third kappa shape index (κ3) is 0.463. The molecule has 1 aliphatic heterocycles. The SMILES string of the molecule is S=C1N=NC=[NH+]1. The first-order valence-corrected chi connectivity index (χ1v) is 1.83. The highest BCUT2D eigenvalue weighted by Gasteiger charge is 2.00. The van der Waals surface area contributed by atoms with E-state index in [1.807, 2.05) is 0 Å². The van der Waals surface area contributed by atoms with Gasteiger partial charge in [0, 0.05) is 12.2 Å². The predicted molar refractivity (Wildman–Crippen MR) is 24.5 cm³/mol. The first kappa shape index (κ1) is 3.55. The fourth-order valence-corrected chi connectivity index (χ4v) is 0.294. The second-order valence-corrected chi connectivity index (χ2v) is 1.18. The molecular weight excluding hydrogens is 98.1 g/mol. The summed E-state index contributed by atoms with van der Waals surface area (Å²) in [7, 11) is 0. The number of hydrogen-bond acceptors (Lipinski definition) is 2. The number of hydrogen-bond donors (Lipinski definition) is 1. The summed E-state index contributed by atoms with van der Waals surface area (Å²) in [4.78, 5) is 2.59. The van der Waals surface area contributed by atoms with Crippen LogP contribution in [-0.2, 0) is 0 Å². The van der Waals surface area contributed by atoms with Gasteiger partial charge < -0.3 is 0 Å². The fraction of sp³-hybridized carbons (Fsp3) is 0. The van der Waals surface area contributed by atoms with Gasteiger partial charge in [-0.1, -0.05) is 0 Å². The van der Waals surface area contributed by atoms with Gasteiger partial charge in [-0.25, -0.2) is 4.99 Å². The summed E-state index contributed by atoms with van der Waals surface area (Å²) < 4.78 is 0. The van der Waals surface area contributed by atoms with Crippen molar-refractivity contribution in [1.82, 2.24) is 0 Å². The second kappa shape index (κ2) is 1.22. The molecule has 0 aliphatic carbocycles. The summed E-state index contributed by atoms with van der Waals surface area (Å²) in [5, 5.41) is 7.28.